The minimum atomic E-state index is -5.02. The Balaban J connectivity index is 2.44. The number of aliphatic hydroxyl groups excluding tert-OH is 5. The smallest absolute Gasteiger partial charge is 0.457 e. The van der Waals surface area contributed by atoms with Gasteiger partial charge in [-0.05, 0) is 64.2 Å². The molecule has 1 aliphatic carbocycles. The summed E-state index contributed by atoms with van der Waals surface area (Å²) in [4.78, 5) is 23.1. The van der Waals surface area contributed by atoms with E-state index in [9.17, 15) is 39.8 Å². The summed E-state index contributed by atoms with van der Waals surface area (Å²) in [5, 5.41) is 50.1. The van der Waals surface area contributed by atoms with E-state index in [1.807, 2.05) is 0 Å². The topological polar surface area (TPSA) is 192 Å². The zero-order valence-electron chi connectivity index (χ0n) is 34.7. The molecule has 1 fully saturated rings. The molecule has 0 aliphatic heterocycles. The quantitative estimate of drug-likeness (QED) is 0.0154. The molecule has 12 nitrogen and oxygen atoms in total. The van der Waals surface area contributed by atoms with E-state index in [1.165, 1.54) is 51.4 Å². The molecule has 1 rings (SSSR count). The Labute approximate surface area is 338 Å². The van der Waals surface area contributed by atoms with Crippen molar-refractivity contribution in [2.24, 2.45) is 0 Å². The molecule has 0 bridgehead atoms. The van der Waals surface area contributed by atoms with E-state index < -0.39 is 63.1 Å². The van der Waals surface area contributed by atoms with Crippen LogP contribution in [0, 0.1) is 0 Å². The Hall–Kier alpha value is -1.44. The Morgan fingerprint density at radius 3 is 1.59 bits per heavy atom. The Bertz CT molecular complexity index is 1070. The van der Waals surface area contributed by atoms with Crippen molar-refractivity contribution in [3.05, 3.63) is 36.5 Å². The van der Waals surface area contributed by atoms with Crippen molar-refractivity contribution in [3.8, 4) is 0 Å². The number of esters is 1. The van der Waals surface area contributed by atoms with Crippen LogP contribution in [0.5, 0.6) is 0 Å². The van der Waals surface area contributed by atoms with Crippen molar-refractivity contribution in [1.82, 2.24) is 0 Å². The van der Waals surface area contributed by atoms with E-state index in [4.69, 9.17) is 18.5 Å². The molecule has 1 aliphatic rings. The molecule has 0 aromatic rings. The molecule has 0 saturated heterocycles. The monoisotopic (exact) mass is 819 g/mol. The summed E-state index contributed by atoms with van der Waals surface area (Å²) in [5.41, 5.74) is 0. The van der Waals surface area contributed by atoms with Crippen molar-refractivity contribution in [2.75, 3.05) is 19.8 Å². The van der Waals surface area contributed by atoms with Crippen LogP contribution in [0.25, 0.3) is 0 Å². The molecule has 0 heterocycles. The zero-order valence-corrected chi connectivity index (χ0v) is 35.6. The van der Waals surface area contributed by atoms with E-state index in [-0.39, 0.29) is 13.0 Å². The first-order chi connectivity index (χ1) is 27.0. The van der Waals surface area contributed by atoms with Gasteiger partial charge in [-0.2, -0.15) is 0 Å². The third kappa shape index (κ3) is 26.5. The van der Waals surface area contributed by atoms with Gasteiger partial charge in [-0.25, -0.2) is 4.57 Å². The van der Waals surface area contributed by atoms with Gasteiger partial charge in [-0.1, -0.05) is 134 Å². The summed E-state index contributed by atoms with van der Waals surface area (Å²) < 4.78 is 34.1. The molecule has 0 aromatic carbocycles. The molecule has 328 valence electrons. The largest absolute Gasteiger partial charge is 0.472 e. The average Bonchev–Trinajstić information content (AvgIpc) is 3.18. The summed E-state index contributed by atoms with van der Waals surface area (Å²) in [6.07, 6.45) is 26.4. The first-order valence-corrected chi connectivity index (χ1v) is 23.3. The zero-order chi connectivity index (χ0) is 41.3. The van der Waals surface area contributed by atoms with Gasteiger partial charge in [0.2, 0.25) is 0 Å². The van der Waals surface area contributed by atoms with Gasteiger partial charge in [0.1, 0.15) is 42.7 Å². The molecule has 0 radical (unpaired) electrons. The summed E-state index contributed by atoms with van der Waals surface area (Å²) in [5.74, 6) is -0.491. The normalized spacial score (nSPS) is 23.4. The second kappa shape index (κ2) is 34.4. The molecule has 6 N–H and O–H groups in total. The molecule has 56 heavy (non-hydrogen) atoms. The summed E-state index contributed by atoms with van der Waals surface area (Å²) >= 11 is 0. The second-order valence-corrected chi connectivity index (χ2v) is 16.6. The van der Waals surface area contributed by atoms with Gasteiger partial charge in [-0.15, -0.1) is 0 Å². The Morgan fingerprint density at radius 1 is 0.571 bits per heavy atom. The van der Waals surface area contributed by atoms with Gasteiger partial charge in [0, 0.05) is 13.0 Å². The fourth-order valence-corrected chi connectivity index (χ4v) is 7.42. The lowest BCUT2D eigenvalue weighted by atomic mass is 9.85. The molecule has 0 aromatic heterocycles. The Morgan fingerprint density at radius 2 is 1.04 bits per heavy atom. The highest BCUT2D eigenvalue weighted by molar-refractivity contribution is 7.47. The fourth-order valence-electron chi connectivity index (χ4n) is 6.45. The van der Waals surface area contributed by atoms with E-state index in [1.54, 1.807) is 0 Å². The van der Waals surface area contributed by atoms with E-state index in [0.29, 0.717) is 13.0 Å². The number of phosphoric acid groups is 1. The van der Waals surface area contributed by atoms with E-state index in [0.717, 1.165) is 89.9 Å². The number of rotatable bonds is 36. The number of allylic oxidation sites excluding steroid dienone is 6. The third-order valence-corrected chi connectivity index (χ3v) is 11.0. The lowest BCUT2D eigenvalue weighted by Crippen LogP contribution is -2.64. The number of carbonyl (C=O) groups is 1. The third-order valence-electron chi connectivity index (χ3n) is 9.97. The van der Waals surface area contributed by atoms with Crippen LogP contribution in [0.3, 0.4) is 0 Å². The van der Waals surface area contributed by atoms with Gasteiger partial charge in [0.15, 0.2) is 0 Å². The summed E-state index contributed by atoms with van der Waals surface area (Å²) in [6, 6.07) is 0. The van der Waals surface area contributed by atoms with Gasteiger partial charge in [-0.3, -0.25) is 13.8 Å². The van der Waals surface area contributed by atoms with Crippen molar-refractivity contribution in [2.45, 2.75) is 211 Å². The van der Waals surface area contributed by atoms with Crippen molar-refractivity contribution in [3.63, 3.8) is 0 Å². The van der Waals surface area contributed by atoms with Crippen LogP contribution in [0.1, 0.15) is 168 Å². The minimum absolute atomic E-state index is 0.0869. The summed E-state index contributed by atoms with van der Waals surface area (Å²) in [6.45, 7) is 4.15. The first kappa shape index (κ1) is 52.6. The van der Waals surface area contributed by atoms with Crippen LogP contribution in [0.2, 0.25) is 0 Å². The van der Waals surface area contributed by atoms with Crippen LogP contribution in [-0.2, 0) is 27.9 Å². The number of phosphoric ester groups is 1. The molecule has 0 spiro atoms. The van der Waals surface area contributed by atoms with Crippen LogP contribution < -0.4 is 0 Å². The lowest BCUT2D eigenvalue weighted by Gasteiger charge is -2.41. The number of ether oxygens (including phenoxy) is 2. The maximum Gasteiger partial charge on any atom is 0.472 e. The first-order valence-electron chi connectivity index (χ1n) is 21.8. The van der Waals surface area contributed by atoms with Crippen LogP contribution in [0.15, 0.2) is 36.5 Å². The van der Waals surface area contributed by atoms with E-state index in [2.05, 4.69) is 50.3 Å². The highest BCUT2D eigenvalue weighted by Gasteiger charge is 2.51. The van der Waals surface area contributed by atoms with Crippen molar-refractivity contribution >= 4 is 13.8 Å². The molecule has 6 atom stereocenters. The molecule has 6 unspecified atom stereocenters. The van der Waals surface area contributed by atoms with Gasteiger partial charge in [0.25, 0.3) is 0 Å². The number of hydrogen-bond acceptors (Lipinski definition) is 11. The number of hydrogen-bond donors (Lipinski definition) is 6. The van der Waals surface area contributed by atoms with Crippen LogP contribution in [-0.4, -0.2) is 98.9 Å². The SMILES string of the molecule is CCC/C=C\C/C=C\CCCCCCCCOCC(COP(=O)(O)OC1C(O)C(O)C(O)C(O)C1O)OC(=O)CCCCCCC/C=C\CCCCCCCC. The van der Waals surface area contributed by atoms with Crippen molar-refractivity contribution in [1.29, 1.82) is 0 Å². The van der Waals surface area contributed by atoms with Crippen LogP contribution >= 0.6 is 7.82 Å². The highest BCUT2D eigenvalue weighted by atomic mass is 31.2. The number of unbranched alkanes of at least 4 members (excludes halogenated alkanes) is 18. The minimum Gasteiger partial charge on any atom is -0.457 e. The standard InChI is InChI=1S/C43H79O12P/c1-3-5-7-9-11-13-15-17-19-20-22-24-26-28-30-32-37(44)54-36(34-52-33-31-29-27-25-23-21-18-16-14-12-10-8-6-4-2)35-53-56(50,51)55-43-41(48)39(46)38(45)40(47)42(43)49/h8,10,14,16-17,19,36,38-43,45-49H,3-7,9,11-13,15,18,20-35H2,1-2H3,(H,50,51)/b10-8-,16-14-,19-17-. The lowest BCUT2D eigenvalue weighted by molar-refractivity contribution is -0.220. The van der Waals surface area contributed by atoms with E-state index >= 15 is 0 Å². The predicted octanol–water partition coefficient (Wildman–Crippen LogP) is 8.31. The molecule has 13 heteroatoms. The van der Waals surface area contributed by atoms with Gasteiger partial charge >= 0.3 is 13.8 Å². The molecule has 1 saturated carbocycles. The van der Waals surface area contributed by atoms with Gasteiger partial charge < -0.3 is 39.9 Å². The molecular weight excluding hydrogens is 739 g/mol. The maximum atomic E-state index is 12.8. The highest BCUT2D eigenvalue weighted by Crippen LogP contribution is 2.47. The number of carbonyl (C=O) groups excluding carboxylic acids is 1. The van der Waals surface area contributed by atoms with Crippen LogP contribution in [0.4, 0.5) is 0 Å². The molecule has 0 amide bonds. The fraction of sp³-hybridized carbons (Fsp3) is 0.837. The summed E-state index contributed by atoms with van der Waals surface area (Å²) in [7, 11) is -5.02. The maximum absolute atomic E-state index is 12.8. The Kier molecular flexibility index (Phi) is 32.3. The predicted molar refractivity (Wildman–Crippen MR) is 221 cm³/mol. The molecular formula is C43H79O12P. The number of aliphatic hydroxyl groups is 5. The van der Waals surface area contributed by atoms with Gasteiger partial charge in [0.05, 0.1) is 13.2 Å². The second-order valence-electron chi connectivity index (χ2n) is 15.2. The average molecular weight is 819 g/mol. The van der Waals surface area contributed by atoms with Crippen molar-refractivity contribution < 1.29 is 58.3 Å².